The fourth-order valence-corrected chi connectivity index (χ4v) is 1.85. The zero-order valence-electron chi connectivity index (χ0n) is 13.7. The summed E-state index contributed by atoms with van der Waals surface area (Å²) in [6.07, 6.45) is -0.518. The molecule has 1 aromatic rings. The second-order valence-electron chi connectivity index (χ2n) is 5.71. The summed E-state index contributed by atoms with van der Waals surface area (Å²) in [5.74, 6) is 0.976. The molecular weight excluding hydrogens is 286 g/mol. The van der Waals surface area contributed by atoms with Gasteiger partial charge in [0.2, 0.25) is 0 Å². The van der Waals surface area contributed by atoms with E-state index < -0.39 is 11.7 Å². The molecule has 0 saturated carbocycles. The Balaban J connectivity index is 2.64. The van der Waals surface area contributed by atoms with E-state index in [0.717, 1.165) is 0 Å². The summed E-state index contributed by atoms with van der Waals surface area (Å²) in [5, 5.41) is 2.44. The number of carbonyl (C=O) groups excluding carboxylic acids is 2. The van der Waals surface area contributed by atoms with Crippen molar-refractivity contribution in [3.63, 3.8) is 0 Å². The van der Waals surface area contributed by atoms with Crippen LogP contribution in [-0.2, 0) is 16.0 Å². The van der Waals surface area contributed by atoms with Gasteiger partial charge < -0.3 is 19.5 Å². The van der Waals surface area contributed by atoms with E-state index in [4.69, 9.17) is 14.2 Å². The van der Waals surface area contributed by atoms with Crippen molar-refractivity contribution in [3.05, 3.63) is 23.8 Å². The van der Waals surface area contributed by atoms with Gasteiger partial charge in [0.15, 0.2) is 5.78 Å². The van der Waals surface area contributed by atoms with Crippen molar-refractivity contribution in [1.82, 2.24) is 5.32 Å². The highest BCUT2D eigenvalue weighted by Gasteiger charge is 2.18. The standard InChI is InChI=1S/C16H23NO5/c1-16(2,3)22-15(19)17-10-11(18)9-12-13(20-4)7-6-8-14(12)21-5/h6-8H,9-10H2,1-5H3,(H,17,19). The Morgan fingerprint density at radius 2 is 1.64 bits per heavy atom. The van der Waals surface area contributed by atoms with Gasteiger partial charge in [-0.05, 0) is 32.9 Å². The van der Waals surface area contributed by atoms with E-state index in [-0.39, 0.29) is 18.7 Å². The van der Waals surface area contributed by atoms with Crippen molar-refractivity contribution in [1.29, 1.82) is 0 Å². The van der Waals surface area contributed by atoms with E-state index in [1.807, 2.05) is 0 Å². The van der Waals surface area contributed by atoms with Crippen LogP contribution in [0.25, 0.3) is 0 Å². The van der Waals surface area contributed by atoms with Crippen molar-refractivity contribution in [2.24, 2.45) is 0 Å². The first-order valence-electron chi connectivity index (χ1n) is 6.95. The number of benzene rings is 1. The molecule has 6 nitrogen and oxygen atoms in total. The maximum atomic E-state index is 12.0. The molecule has 1 amide bonds. The Kier molecular flexibility index (Phi) is 6.22. The SMILES string of the molecule is COc1cccc(OC)c1CC(=O)CNC(=O)OC(C)(C)C. The van der Waals surface area contributed by atoms with Gasteiger partial charge in [0.1, 0.15) is 17.1 Å². The molecule has 22 heavy (non-hydrogen) atoms. The summed E-state index contributed by atoms with van der Waals surface area (Å²) in [5.41, 5.74) is 0.0578. The molecule has 0 heterocycles. The molecule has 0 atom stereocenters. The second kappa shape index (κ2) is 7.68. The molecule has 0 aliphatic rings. The monoisotopic (exact) mass is 309 g/mol. The zero-order valence-corrected chi connectivity index (χ0v) is 13.7. The van der Waals surface area contributed by atoms with Gasteiger partial charge in [-0.25, -0.2) is 4.79 Å². The number of carbonyl (C=O) groups is 2. The van der Waals surface area contributed by atoms with Gasteiger partial charge in [-0.1, -0.05) is 6.07 Å². The van der Waals surface area contributed by atoms with Crippen LogP contribution in [-0.4, -0.2) is 38.2 Å². The average molecular weight is 309 g/mol. The van der Waals surface area contributed by atoms with Crippen LogP contribution >= 0.6 is 0 Å². The van der Waals surface area contributed by atoms with Crippen LogP contribution in [0.4, 0.5) is 4.79 Å². The molecule has 0 radical (unpaired) electrons. The molecule has 0 saturated heterocycles. The Hall–Kier alpha value is -2.24. The third-order valence-electron chi connectivity index (χ3n) is 2.73. The Morgan fingerprint density at radius 3 is 2.09 bits per heavy atom. The fourth-order valence-electron chi connectivity index (χ4n) is 1.85. The Labute approximate surface area is 130 Å². The van der Waals surface area contributed by atoms with Gasteiger partial charge >= 0.3 is 6.09 Å². The van der Waals surface area contributed by atoms with Gasteiger partial charge in [-0.3, -0.25) is 4.79 Å². The number of methoxy groups -OCH3 is 2. The number of rotatable bonds is 6. The summed E-state index contributed by atoms with van der Waals surface area (Å²) >= 11 is 0. The highest BCUT2D eigenvalue weighted by molar-refractivity contribution is 5.86. The Morgan fingerprint density at radius 1 is 1.09 bits per heavy atom. The molecule has 122 valence electrons. The largest absolute Gasteiger partial charge is 0.496 e. The summed E-state index contributed by atoms with van der Waals surface area (Å²) in [7, 11) is 3.06. The first-order chi connectivity index (χ1) is 10.3. The average Bonchev–Trinajstić information content (AvgIpc) is 2.43. The first-order valence-corrected chi connectivity index (χ1v) is 6.95. The molecule has 0 aliphatic carbocycles. The van der Waals surface area contributed by atoms with Gasteiger partial charge in [-0.15, -0.1) is 0 Å². The van der Waals surface area contributed by atoms with E-state index in [1.54, 1.807) is 39.0 Å². The number of nitrogens with one attached hydrogen (secondary N) is 1. The van der Waals surface area contributed by atoms with E-state index in [9.17, 15) is 9.59 Å². The van der Waals surface area contributed by atoms with Crippen LogP contribution in [0.3, 0.4) is 0 Å². The lowest BCUT2D eigenvalue weighted by Crippen LogP contribution is -2.35. The topological polar surface area (TPSA) is 73.9 Å². The number of amides is 1. The number of ether oxygens (including phenoxy) is 3. The van der Waals surface area contributed by atoms with Gasteiger partial charge in [0.05, 0.1) is 20.8 Å². The van der Waals surface area contributed by atoms with E-state index >= 15 is 0 Å². The summed E-state index contributed by atoms with van der Waals surface area (Å²) < 4.78 is 15.5. The van der Waals surface area contributed by atoms with Crippen molar-refractivity contribution in [2.75, 3.05) is 20.8 Å². The molecule has 0 aromatic heterocycles. The van der Waals surface area contributed by atoms with Crippen LogP contribution in [0.5, 0.6) is 11.5 Å². The number of alkyl carbamates (subject to hydrolysis) is 1. The molecule has 6 heteroatoms. The molecule has 1 rings (SSSR count). The van der Waals surface area contributed by atoms with Gasteiger partial charge in [0.25, 0.3) is 0 Å². The van der Waals surface area contributed by atoms with Crippen molar-refractivity contribution >= 4 is 11.9 Å². The van der Waals surface area contributed by atoms with Crippen LogP contribution in [0.2, 0.25) is 0 Å². The predicted octanol–water partition coefficient (Wildman–Crippen LogP) is 2.34. The van der Waals surface area contributed by atoms with E-state index in [2.05, 4.69) is 5.32 Å². The Bertz CT molecular complexity index is 512. The van der Waals surface area contributed by atoms with Crippen molar-refractivity contribution in [3.8, 4) is 11.5 Å². The molecule has 1 N–H and O–H groups in total. The van der Waals surface area contributed by atoms with Gasteiger partial charge in [-0.2, -0.15) is 0 Å². The predicted molar refractivity (Wildman–Crippen MR) is 82.5 cm³/mol. The highest BCUT2D eigenvalue weighted by atomic mass is 16.6. The smallest absolute Gasteiger partial charge is 0.408 e. The lowest BCUT2D eigenvalue weighted by Gasteiger charge is -2.19. The van der Waals surface area contributed by atoms with Crippen LogP contribution in [0.15, 0.2) is 18.2 Å². The van der Waals surface area contributed by atoms with Crippen molar-refractivity contribution < 1.29 is 23.8 Å². The van der Waals surface area contributed by atoms with E-state index in [0.29, 0.717) is 17.1 Å². The molecule has 0 unspecified atom stereocenters. The second-order valence-corrected chi connectivity index (χ2v) is 5.71. The quantitative estimate of drug-likeness (QED) is 0.873. The summed E-state index contributed by atoms with van der Waals surface area (Å²) in [6.45, 7) is 5.16. The molecule has 0 fully saturated rings. The van der Waals surface area contributed by atoms with Crippen LogP contribution in [0, 0.1) is 0 Å². The summed E-state index contributed by atoms with van der Waals surface area (Å²) in [4.78, 5) is 23.6. The number of hydrogen-bond acceptors (Lipinski definition) is 5. The van der Waals surface area contributed by atoms with Crippen LogP contribution in [0.1, 0.15) is 26.3 Å². The van der Waals surface area contributed by atoms with Gasteiger partial charge in [0, 0.05) is 12.0 Å². The molecule has 0 aliphatic heterocycles. The first kappa shape index (κ1) is 17.8. The number of ketones is 1. The molecule has 1 aromatic carbocycles. The van der Waals surface area contributed by atoms with E-state index in [1.165, 1.54) is 14.2 Å². The summed E-state index contributed by atoms with van der Waals surface area (Å²) in [6, 6.07) is 5.30. The molecule has 0 bridgehead atoms. The minimum Gasteiger partial charge on any atom is -0.496 e. The third-order valence-corrected chi connectivity index (χ3v) is 2.73. The third kappa shape index (κ3) is 5.63. The number of Topliss-reactive ketones (excluding diaryl/α,β-unsaturated/α-hetero) is 1. The van der Waals surface area contributed by atoms with Crippen LogP contribution < -0.4 is 14.8 Å². The minimum atomic E-state index is -0.618. The molecular formula is C16H23NO5. The fraction of sp³-hybridized carbons (Fsp3) is 0.500. The van der Waals surface area contributed by atoms with Crippen molar-refractivity contribution in [2.45, 2.75) is 32.8 Å². The lowest BCUT2D eigenvalue weighted by atomic mass is 10.1. The molecule has 0 spiro atoms. The highest BCUT2D eigenvalue weighted by Crippen LogP contribution is 2.28. The lowest BCUT2D eigenvalue weighted by molar-refractivity contribution is -0.117. The maximum absolute atomic E-state index is 12.0. The minimum absolute atomic E-state index is 0.100. The number of hydrogen-bond donors (Lipinski definition) is 1. The zero-order chi connectivity index (χ0) is 16.8. The maximum Gasteiger partial charge on any atom is 0.408 e. The normalized spacial score (nSPS) is 10.8.